The smallest absolute Gasteiger partial charge is 0.0448 e. The number of benzene rings is 2. The summed E-state index contributed by atoms with van der Waals surface area (Å²) in [5, 5.41) is 7.46. The Morgan fingerprint density at radius 3 is 1.69 bits per heavy atom. The predicted molar refractivity (Wildman–Crippen MR) is 144 cm³/mol. The van der Waals surface area contributed by atoms with E-state index in [9.17, 15) is 0 Å². The zero-order valence-corrected chi connectivity index (χ0v) is 21.1. The van der Waals surface area contributed by atoms with Crippen LogP contribution in [0.25, 0.3) is 0 Å². The topological polar surface area (TPSA) is 30.5 Å². The van der Waals surface area contributed by atoms with Crippen molar-refractivity contribution in [2.24, 2.45) is 11.8 Å². The summed E-state index contributed by atoms with van der Waals surface area (Å²) in [6, 6.07) is 10.4. The molecule has 4 atom stereocenters. The maximum atomic E-state index is 3.73. The van der Waals surface area contributed by atoms with E-state index in [1.165, 1.54) is 64.7 Å². The van der Waals surface area contributed by atoms with E-state index in [0.717, 1.165) is 56.3 Å². The van der Waals surface area contributed by atoms with Crippen LogP contribution in [0.2, 0.25) is 0 Å². The summed E-state index contributed by atoms with van der Waals surface area (Å²) < 4.78 is 0. The molecule has 4 nitrogen and oxygen atoms in total. The Morgan fingerprint density at radius 2 is 1.17 bits per heavy atom. The summed E-state index contributed by atoms with van der Waals surface area (Å²) in [5.74, 6) is 3.33. The van der Waals surface area contributed by atoms with Gasteiger partial charge in [-0.25, -0.2) is 0 Å². The van der Waals surface area contributed by atoms with Crippen LogP contribution in [0.1, 0.15) is 83.7 Å². The van der Waals surface area contributed by atoms with Gasteiger partial charge < -0.3 is 20.4 Å². The molecule has 35 heavy (non-hydrogen) atoms. The Balaban J connectivity index is 1.21. The van der Waals surface area contributed by atoms with Crippen LogP contribution in [-0.4, -0.2) is 39.3 Å². The monoisotopic (exact) mass is 468 g/mol. The molecule has 2 aromatic rings. The highest BCUT2D eigenvalue weighted by molar-refractivity contribution is 5.67. The molecule has 2 saturated carbocycles. The number of fused-ring (bicyclic) bond motifs is 4. The van der Waals surface area contributed by atoms with E-state index >= 15 is 0 Å². The van der Waals surface area contributed by atoms with Gasteiger partial charge in [0.2, 0.25) is 0 Å². The van der Waals surface area contributed by atoms with Crippen LogP contribution in [0.3, 0.4) is 0 Å². The van der Waals surface area contributed by atoms with Crippen molar-refractivity contribution < 1.29 is 0 Å². The van der Waals surface area contributed by atoms with Gasteiger partial charge in [-0.2, -0.15) is 0 Å². The summed E-state index contributed by atoms with van der Waals surface area (Å²) in [6.45, 7) is 9.19. The standard InChI is InChI=1S/C31H40N4/c1-3-22-18-34-9-7-32-16-24-12-20(14-28(30(24)34)26(22)5-1)11-21-13-25-17-33-8-10-35-19-23-4-2-6-27(23)29(15-21)31(25)35/h12-15,22-23,26-27,32-33H,1-11,16-19H2. The van der Waals surface area contributed by atoms with Crippen molar-refractivity contribution in [3.63, 3.8) is 0 Å². The second kappa shape index (κ2) is 8.24. The lowest BCUT2D eigenvalue weighted by atomic mass is 9.79. The van der Waals surface area contributed by atoms with Crippen LogP contribution in [-0.2, 0) is 19.5 Å². The Hall–Kier alpha value is -2.04. The molecule has 6 aliphatic rings. The highest BCUT2D eigenvalue weighted by atomic mass is 15.2. The first-order chi connectivity index (χ1) is 17.3. The number of hydrogen-bond acceptors (Lipinski definition) is 4. The molecule has 0 bridgehead atoms. The molecule has 4 unspecified atom stereocenters. The molecule has 4 heterocycles. The number of rotatable bonds is 2. The maximum Gasteiger partial charge on any atom is 0.0448 e. The minimum Gasteiger partial charge on any atom is -0.369 e. The van der Waals surface area contributed by atoms with Gasteiger partial charge in [0.1, 0.15) is 0 Å². The van der Waals surface area contributed by atoms with E-state index in [1.54, 1.807) is 44.8 Å². The summed E-state index contributed by atoms with van der Waals surface area (Å²) in [6.07, 6.45) is 9.56. The summed E-state index contributed by atoms with van der Waals surface area (Å²) in [5.41, 5.74) is 12.8. The van der Waals surface area contributed by atoms with Gasteiger partial charge in [-0.1, -0.05) is 37.1 Å². The third kappa shape index (κ3) is 3.39. The fourth-order valence-electron chi connectivity index (χ4n) is 8.98. The van der Waals surface area contributed by atoms with E-state index in [2.05, 4.69) is 44.7 Å². The van der Waals surface area contributed by atoms with Crippen LogP contribution in [0.5, 0.6) is 0 Å². The van der Waals surface area contributed by atoms with Gasteiger partial charge in [-0.05, 0) is 89.2 Å². The van der Waals surface area contributed by atoms with Crippen LogP contribution in [0.15, 0.2) is 24.3 Å². The molecule has 4 heteroatoms. The first-order valence-electron chi connectivity index (χ1n) is 14.5. The molecular formula is C31H40N4. The largest absolute Gasteiger partial charge is 0.369 e. The third-order valence-corrected chi connectivity index (χ3v) is 10.4. The molecule has 2 fully saturated rings. The van der Waals surface area contributed by atoms with Crippen LogP contribution < -0.4 is 20.4 Å². The maximum absolute atomic E-state index is 3.73. The second-order valence-electron chi connectivity index (χ2n) is 12.4. The van der Waals surface area contributed by atoms with Gasteiger partial charge in [0.15, 0.2) is 0 Å². The first kappa shape index (κ1) is 21.1. The molecule has 0 aromatic heterocycles. The zero-order chi connectivity index (χ0) is 22.9. The molecule has 184 valence electrons. The highest BCUT2D eigenvalue weighted by Crippen LogP contribution is 2.51. The van der Waals surface area contributed by atoms with Gasteiger partial charge in [0.25, 0.3) is 0 Å². The van der Waals surface area contributed by atoms with Crippen molar-refractivity contribution in [1.29, 1.82) is 0 Å². The van der Waals surface area contributed by atoms with Gasteiger partial charge in [-0.15, -0.1) is 0 Å². The fraction of sp³-hybridized carbons (Fsp3) is 0.613. The van der Waals surface area contributed by atoms with E-state index in [0.29, 0.717) is 0 Å². The number of hydrogen-bond donors (Lipinski definition) is 2. The Labute approximate surface area is 210 Å². The van der Waals surface area contributed by atoms with Crippen LogP contribution >= 0.6 is 0 Å². The van der Waals surface area contributed by atoms with Crippen molar-refractivity contribution in [2.45, 2.75) is 69.9 Å². The van der Waals surface area contributed by atoms with Crippen molar-refractivity contribution in [1.82, 2.24) is 10.6 Å². The minimum atomic E-state index is 0.795. The van der Waals surface area contributed by atoms with E-state index in [-0.39, 0.29) is 0 Å². The third-order valence-electron chi connectivity index (χ3n) is 10.4. The molecule has 2 N–H and O–H groups in total. The number of anilines is 2. The van der Waals surface area contributed by atoms with Crippen LogP contribution in [0, 0.1) is 11.8 Å². The second-order valence-corrected chi connectivity index (χ2v) is 12.4. The lowest BCUT2D eigenvalue weighted by Gasteiger charge is -2.39. The normalized spacial score (nSPS) is 30.7. The van der Waals surface area contributed by atoms with E-state index in [4.69, 9.17) is 0 Å². The zero-order valence-electron chi connectivity index (χ0n) is 21.1. The van der Waals surface area contributed by atoms with Gasteiger partial charge >= 0.3 is 0 Å². The summed E-state index contributed by atoms with van der Waals surface area (Å²) in [4.78, 5) is 5.46. The summed E-state index contributed by atoms with van der Waals surface area (Å²) >= 11 is 0. The average Bonchev–Trinajstić information content (AvgIpc) is 3.43. The van der Waals surface area contributed by atoms with E-state index < -0.39 is 0 Å². The quantitative estimate of drug-likeness (QED) is 0.657. The van der Waals surface area contributed by atoms with Crippen LogP contribution in [0.4, 0.5) is 11.4 Å². The molecule has 0 radical (unpaired) electrons. The number of nitrogens with zero attached hydrogens (tertiary/aromatic N) is 2. The molecule has 2 aromatic carbocycles. The predicted octanol–water partition coefficient (Wildman–Crippen LogP) is 4.89. The summed E-state index contributed by atoms with van der Waals surface area (Å²) in [7, 11) is 0. The first-order valence-corrected chi connectivity index (χ1v) is 14.5. The lowest BCUT2D eigenvalue weighted by molar-refractivity contribution is 0.454. The van der Waals surface area contributed by atoms with Crippen molar-refractivity contribution >= 4 is 11.4 Å². The molecule has 2 aliphatic carbocycles. The molecule has 0 spiro atoms. The molecule has 0 amide bonds. The average molecular weight is 469 g/mol. The van der Waals surface area contributed by atoms with E-state index in [1.807, 2.05) is 0 Å². The fourth-order valence-corrected chi connectivity index (χ4v) is 8.98. The Bertz CT molecular complexity index is 1070. The van der Waals surface area contributed by atoms with Gasteiger partial charge in [-0.3, -0.25) is 0 Å². The van der Waals surface area contributed by atoms with Gasteiger partial charge in [0, 0.05) is 63.7 Å². The minimum absolute atomic E-state index is 0.795. The van der Waals surface area contributed by atoms with Crippen molar-refractivity contribution in [3.8, 4) is 0 Å². The molecular weight excluding hydrogens is 428 g/mol. The van der Waals surface area contributed by atoms with Gasteiger partial charge in [0.05, 0.1) is 0 Å². The van der Waals surface area contributed by atoms with Crippen molar-refractivity contribution in [2.75, 3.05) is 49.1 Å². The number of nitrogens with one attached hydrogen (secondary N) is 2. The molecule has 8 rings (SSSR count). The molecule has 4 aliphatic heterocycles. The Morgan fingerprint density at radius 1 is 0.657 bits per heavy atom. The highest BCUT2D eigenvalue weighted by Gasteiger charge is 2.40. The Kier molecular flexibility index (Phi) is 4.97. The lowest BCUT2D eigenvalue weighted by Crippen LogP contribution is -2.38. The van der Waals surface area contributed by atoms with Crippen molar-refractivity contribution in [3.05, 3.63) is 57.6 Å². The molecule has 0 saturated heterocycles. The SMILES string of the molecule is c1c(Cc2cc3c4c(c2)C2CCCC2CN4CCNC3)cc2c3c1CNCCN3CC1CCCC21.